The van der Waals surface area contributed by atoms with E-state index in [9.17, 15) is 80.5 Å². The second kappa shape index (κ2) is 27.0. The number of esters is 3. The molecule has 27 heteroatoms. The highest BCUT2D eigenvalue weighted by atomic mass is 16.8. The number of carboxylic acid groups (broad SMARTS) is 1. The summed E-state index contributed by atoms with van der Waals surface area (Å²) in [5.74, 6) is -4.57. The maximum atomic E-state index is 13.4. The van der Waals surface area contributed by atoms with Crippen LogP contribution in [0.3, 0.4) is 0 Å². The third-order valence-electron chi connectivity index (χ3n) is 23.5. The number of hydrogen-bond donors (Lipinski definition) is 12. The Morgan fingerprint density at radius 2 is 1.25 bits per heavy atom. The van der Waals surface area contributed by atoms with Gasteiger partial charge in [0.2, 0.25) is 0 Å². The highest BCUT2D eigenvalue weighted by Crippen LogP contribution is 2.76. The van der Waals surface area contributed by atoms with Crippen molar-refractivity contribution in [2.75, 3.05) is 19.8 Å². The van der Waals surface area contributed by atoms with Crippen LogP contribution in [0.4, 0.5) is 0 Å². The average Bonchev–Trinajstić information content (AvgIpc) is 0.671. The Balaban J connectivity index is 1.01. The van der Waals surface area contributed by atoms with Crippen LogP contribution in [0.5, 0.6) is 0 Å². The predicted octanol–water partition coefficient (Wildman–Crippen LogP) is 0.715. The topological polar surface area (TPSA) is 413 Å². The fraction of sp³-hybridized carbons (Fsp3) is 0.846. The number of carbonyl (C=O) groups is 4. The Bertz CT molecular complexity index is 2790. The third-order valence-corrected chi connectivity index (χ3v) is 23.5. The van der Waals surface area contributed by atoms with Crippen LogP contribution in [0.15, 0.2) is 34.9 Å². The third kappa shape index (κ3) is 12.4. The second-order valence-electron chi connectivity index (χ2n) is 29.4. The van der Waals surface area contributed by atoms with Gasteiger partial charge in [-0.2, -0.15) is 0 Å². The maximum Gasteiger partial charge on any atom is 0.335 e. The largest absolute Gasteiger partial charge is 0.479 e. The second-order valence-corrected chi connectivity index (χ2v) is 29.4. The zero-order valence-corrected chi connectivity index (χ0v) is 54.8. The van der Waals surface area contributed by atoms with Crippen LogP contribution in [0.25, 0.3) is 0 Å². The lowest BCUT2D eigenvalue weighted by Crippen LogP contribution is -2.72. The molecule has 4 aliphatic heterocycles. The number of rotatable bonds is 16. The Morgan fingerprint density at radius 3 is 1.86 bits per heavy atom. The molecule has 4 saturated carbocycles. The average molecular weight is 1310 g/mol. The Morgan fingerprint density at radius 1 is 0.641 bits per heavy atom. The number of carbonyl (C=O) groups excluding carboxylic acids is 3. The molecule has 12 N–H and O–H groups in total. The molecule has 522 valence electrons. The number of carboxylic acids is 1. The first-order valence-corrected chi connectivity index (χ1v) is 32.3. The van der Waals surface area contributed by atoms with Gasteiger partial charge in [0.15, 0.2) is 43.5 Å². The van der Waals surface area contributed by atoms with Gasteiger partial charge in [-0.25, -0.2) is 14.4 Å². The fourth-order valence-electron chi connectivity index (χ4n) is 17.8. The molecule has 0 aromatic carbocycles. The van der Waals surface area contributed by atoms with Crippen LogP contribution in [-0.2, 0) is 71.3 Å². The van der Waals surface area contributed by atoms with E-state index in [4.69, 9.17) is 52.1 Å². The SMILES string of the molecule is C/C=C(/C)C(=O)O[C@@H]1[C@@H](OC(=O)/C(C)=C\C)[C@@H](O)[C@H](O[C@H]2[C@@H](O)[C@@]3(COC(C)=O)C(CC2(C)C)C2=CCC4[C@@]5(C)CC[C@H](O[C@H]6O[C@H](C(=O)O)[C@@H](O)[C@H](O[C@@H]7OC[C@@H](O)[C@H](O)[C@H]7O)[C@H]6O[C@@H]6O[C@H](CO)[C@H](O)[C@H](O)[C@H]6O)C(C)(C)C5CC[C@@]4(C)[C@]2(C)C[C@H]3O)O[C@H]1C. The molecule has 9 rings (SSSR count). The van der Waals surface area contributed by atoms with Crippen molar-refractivity contribution in [1.82, 2.24) is 0 Å². The summed E-state index contributed by atoms with van der Waals surface area (Å²) in [6, 6.07) is 0. The van der Waals surface area contributed by atoms with Gasteiger partial charge in [0.1, 0.15) is 73.8 Å². The van der Waals surface area contributed by atoms with Crippen LogP contribution in [0.2, 0.25) is 0 Å². The minimum Gasteiger partial charge on any atom is -0.479 e. The molecule has 0 radical (unpaired) electrons. The zero-order chi connectivity index (χ0) is 68.0. The highest BCUT2D eigenvalue weighted by Gasteiger charge is 2.74. The normalized spacial score (nSPS) is 48.5. The number of hydrogen-bond acceptors (Lipinski definition) is 26. The number of aliphatic hydroxyl groups is 11. The molecule has 27 nitrogen and oxygen atoms in total. The molecule has 3 unspecified atom stereocenters. The van der Waals surface area contributed by atoms with Crippen molar-refractivity contribution in [2.45, 2.75) is 276 Å². The molecule has 4 saturated heterocycles. The summed E-state index contributed by atoms with van der Waals surface area (Å²) in [5, 5.41) is 135. The van der Waals surface area contributed by atoms with E-state index < -0.39 is 223 Å². The summed E-state index contributed by atoms with van der Waals surface area (Å²) in [6.45, 7) is 22.0. The molecule has 8 fully saturated rings. The predicted molar refractivity (Wildman–Crippen MR) is 316 cm³/mol. The lowest BCUT2D eigenvalue weighted by Gasteiger charge is -2.72. The quantitative estimate of drug-likeness (QED) is 0.0333. The molecule has 0 aromatic rings. The van der Waals surface area contributed by atoms with Gasteiger partial charge in [0.25, 0.3) is 0 Å². The van der Waals surface area contributed by atoms with E-state index in [-0.39, 0.29) is 35.8 Å². The maximum absolute atomic E-state index is 13.4. The van der Waals surface area contributed by atoms with Gasteiger partial charge >= 0.3 is 23.9 Å². The van der Waals surface area contributed by atoms with E-state index in [2.05, 4.69) is 26.8 Å². The van der Waals surface area contributed by atoms with Crippen molar-refractivity contribution in [3.63, 3.8) is 0 Å². The van der Waals surface area contributed by atoms with Gasteiger partial charge in [-0.05, 0) is 124 Å². The van der Waals surface area contributed by atoms with E-state index in [1.165, 1.54) is 19.9 Å². The first-order chi connectivity index (χ1) is 42.9. The summed E-state index contributed by atoms with van der Waals surface area (Å²) in [4.78, 5) is 52.4. The molecular formula is C65H100O27. The van der Waals surface area contributed by atoms with Crippen LogP contribution < -0.4 is 0 Å². The minimum absolute atomic E-state index is 0.0441. The Hall–Kier alpha value is -3.66. The van der Waals surface area contributed by atoms with Crippen LogP contribution in [0.1, 0.15) is 135 Å². The van der Waals surface area contributed by atoms with Gasteiger partial charge < -0.3 is 113 Å². The van der Waals surface area contributed by atoms with Crippen LogP contribution in [0, 0.1) is 50.2 Å². The van der Waals surface area contributed by atoms with Crippen LogP contribution >= 0.6 is 0 Å². The van der Waals surface area contributed by atoms with Gasteiger partial charge in [0.05, 0.1) is 49.1 Å². The van der Waals surface area contributed by atoms with E-state index >= 15 is 0 Å². The van der Waals surface area contributed by atoms with Gasteiger partial charge in [-0.1, -0.05) is 72.3 Å². The molecule has 0 bridgehead atoms. The summed E-state index contributed by atoms with van der Waals surface area (Å²) < 4.78 is 67.1. The summed E-state index contributed by atoms with van der Waals surface area (Å²) >= 11 is 0. The van der Waals surface area contributed by atoms with E-state index in [1.807, 2.05) is 27.7 Å². The number of allylic oxidation sites excluding steroid dienone is 4. The Labute approximate surface area is 535 Å². The summed E-state index contributed by atoms with van der Waals surface area (Å²) in [5.41, 5.74) is -3.54. The highest BCUT2D eigenvalue weighted by molar-refractivity contribution is 5.88. The van der Waals surface area contributed by atoms with Crippen LogP contribution in [-0.4, -0.2) is 246 Å². The van der Waals surface area contributed by atoms with Crippen molar-refractivity contribution in [3.05, 3.63) is 34.9 Å². The molecule has 4 heterocycles. The minimum atomic E-state index is -2.13. The summed E-state index contributed by atoms with van der Waals surface area (Å²) in [6.07, 6.45) is -29.5. The van der Waals surface area contributed by atoms with Crippen molar-refractivity contribution < 1.29 is 133 Å². The van der Waals surface area contributed by atoms with Crippen molar-refractivity contribution in [2.24, 2.45) is 50.2 Å². The standard InChI is InChI=1S/C65H100O27/c1-14-27(3)54(80)87-46-29(5)84-58(45(76)48(46)88-55(81)28(4)15-2)92-52-51(77)65(26-83-30(6)67)32(22-60(52,7)8)31-16-17-36-62(11)20-19-38(61(9,10)35(62)18-21-63(36,12)64(31,13)23-37(65)69)86-59-50(91-57-43(74)41(72)40(71)34(24-66)85-57)47(44(75)49(90-59)53(78)79)89-56-42(73)39(70)33(68)25-82-56/h14-16,29,32-52,56-59,66,68-77H,17-26H2,1-13H3,(H,78,79)/b27-14-,28-15-/t29-,32?,33+,34+,35?,36?,37+,38-,39-,40-,41-,42+,43+,44-,45+,46-,47-,48-,49-,50+,51+,52-,56-,57-,58-,59-,62-,63+,64+,65-/m0/s1. The molecule has 92 heavy (non-hydrogen) atoms. The molecule has 0 aromatic heterocycles. The van der Waals surface area contributed by atoms with E-state index in [1.54, 1.807) is 33.8 Å². The number of aliphatic hydroxyl groups excluding tert-OH is 11. The lowest BCUT2D eigenvalue weighted by molar-refractivity contribution is -0.392. The number of fused-ring (bicyclic) bond motifs is 7. The van der Waals surface area contributed by atoms with Crippen molar-refractivity contribution in [3.8, 4) is 0 Å². The number of ether oxygens (including phenoxy) is 11. The smallest absolute Gasteiger partial charge is 0.335 e. The fourth-order valence-corrected chi connectivity index (χ4v) is 17.8. The first-order valence-electron chi connectivity index (χ1n) is 32.3. The molecule has 0 spiro atoms. The van der Waals surface area contributed by atoms with Crippen molar-refractivity contribution >= 4 is 23.9 Å². The lowest BCUT2D eigenvalue weighted by atomic mass is 9.33. The Kier molecular flexibility index (Phi) is 21.3. The van der Waals surface area contributed by atoms with Crippen molar-refractivity contribution in [1.29, 1.82) is 0 Å². The van der Waals surface area contributed by atoms with Gasteiger partial charge in [0, 0.05) is 18.1 Å². The molecule has 0 amide bonds. The molecular weight excluding hydrogens is 1210 g/mol. The number of aliphatic carboxylic acids is 1. The molecule has 9 aliphatic rings. The van der Waals surface area contributed by atoms with E-state index in [0.717, 1.165) is 5.57 Å². The first kappa shape index (κ1) is 72.6. The molecule has 30 atom stereocenters. The molecule has 5 aliphatic carbocycles. The van der Waals surface area contributed by atoms with E-state index in [0.29, 0.717) is 32.1 Å². The van der Waals surface area contributed by atoms with Gasteiger partial charge in [-0.3, -0.25) is 4.79 Å². The monoisotopic (exact) mass is 1310 g/mol. The zero-order valence-electron chi connectivity index (χ0n) is 54.8. The summed E-state index contributed by atoms with van der Waals surface area (Å²) in [7, 11) is 0. The van der Waals surface area contributed by atoms with Gasteiger partial charge in [-0.15, -0.1) is 0 Å².